The summed E-state index contributed by atoms with van der Waals surface area (Å²) in [6.45, 7) is 0.428. The standard InChI is InChI=1S/C21H18F2N4O4/c22-16-8-7-15(12-17(16)23)27-21(30)26-14-5-3-13(4-6-14)19(28)24-9-10-25-20(29)18-2-1-11-31-18/h1-8,11-12H,9-10H2,(H,24,28)(H,25,29)(H2,26,27,30). The van der Waals surface area contributed by atoms with E-state index in [0.29, 0.717) is 11.3 Å². The number of hydrogen-bond donors (Lipinski definition) is 4. The maximum absolute atomic E-state index is 13.2. The maximum Gasteiger partial charge on any atom is 0.323 e. The van der Waals surface area contributed by atoms with E-state index in [0.717, 1.165) is 12.1 Å². The quantitative estimate of drug-likeness (QED) is 0.432. The summed E-state index contributed by atoms with van der Waals surface area (Å²) in [6.07, 6.45) is 1.39. The molecule has 2 aromatic carbocycles. The molecular weight excluding hydrogens is 410 g/mol. The molecule has 160 valence electrons. The third-order valence-corrected chi connectivity index (χ3v) is 4.02. The van der Waals surface area contributed by atoms with Crippen molar-refractivity contribution >= 4 is 29.2 Å². The van der Waals surface area contributed by atoms with Crippen LogP contribution in [0.4, 0.5) is 25.0 Å². The molecular formula is C21H18F2N4O4. The molecule has 0 spiro atoms. The summed E-state index contributed by atoms with van der Waals surface area (Å²) in [6, 6.07) is 11.5. The van der Waals surface area contributed by atoms with Gasteiger partial charge in [-0.25, -0.2) is 13.6 Å². The minimum atomic E-state index is -1.08. The van der Waals surface area contributed by atoms with Gasteiger partial charge in [0.1, 0.15) is 0 Å². The van der Waals surface area contributed by atoms with Crippen LogP contribution in [0.1, 0.15) is 20.9 Å². The van der Waals surface area contributed by atoms with Crippen molar-refractivity contribution in [1.29, 1.82) is 0 Å². The Morgan fingerprint density at radius 1 is 0.774 bits per heavy atom. The van der Waals surface area contributed by atoms with Gasteiger partial charge in [-0.05, 0) is 48.5 Å². The van der Waals surface area contributed by atoms with Gasteiger partial charge in [0.05, 0.1) is 6.26 Å². The van der Waals surface area contributed by atoms with Crippen molar-refractivity contribution in [2.45, 2.75) is 0 Å². The van der Waals surface area contributed by atoms with E-state index in [9.17, 15) is 23.2 Å². The number of hydrogen-bond acceptors (Lipinski definition) is 4. The third kappa shape index (κ3) is 6.13. The molecule has 3 rings (SSSR count). The number of rotatable bonds is 7. The lowest BCUT2D eigenvalue weighted by atomic mass is 10.2. The second kappa shape index (κ2) is 10.0. The molecule has 4 N–H and O–H groups in total. The Hall–Kier alpha value is -4.21. The fourth-order valence-corrected chi connectivity index (χ4v) is 2.52. The lowest BCUT2D eigenvalue weighted by Crippen LogP contribution is -2.34. The highest BCUT2D eigenvalue weighted by molar-refractivity contribution is 6.00. The van der Waals surface area contributed by atoms with Crippen LogP contribution in [-0.2, 0) is 0 Å². The molecule has 0 aliphatic heterocycles. The molecule has 4 amide bonds. The van der Waals surface area contributed by atoms with Crippen LogP contribution < -0.4 is 21.3 Å². The number of halogens is 2. The number of anilines is 2. The number of amides is 4. The van der Waals surface area contributed by atoms with Gasteiger partial charge in [-0.1, -0.05) is 0 Å². The number of furan rings is 1. The van der Waals surface area contributed by atoms with Crippen molar-refractivity contribution < 1.29 is 27.6 Å². The minimum Gasteiger partial charge on any atom is -0.459 e. The summed E-state index contributed by atoms with van der Waals surface area (Å²) in [7, 11) is 0. The lowest BCUT2D eigenvalue weighted by molar-refractivity contribution is 0.0910. The fourth-order valence-electron chi connectivity index (χ4n) is 2.52. The van der Waals surface area contributed by atoms with E-state index in [2.05, 4.69) is 21.3 Å². The van der Waals surface area contributed by atoms with Crippen LogP contribution in [-0.4, -0.2) is 30.9 Å². The van der Waals surface area contributed by atoms with E-state index in [1.54, 1.807) is 6.07 Å². The topological polar surface area (TPSA) is 112 Å². The van der Waals surface area contributed by atoms with Crippen LogP contribution in [0.2, 0.25) is 0 Å². The van der Waals surface area contributed by atoms with Gasteiger partial charge in [0.15, 0.2) is 17.4 Å². The van der Waals surface area contributed by atoms with Crippen LogP contribution in [0.3, 0.4) is 0 Å². The van der Waals surface area contributed by atoms with Crippen molar-refractivity contribution in [2.24, 2.45) is 0 Å². The number of carbonyl (C=O) groups excluding carboxylic acids is 3. The van der Waals surface area contributed by atoms with Crippen molar-refractivity contribution in [1.82, 2.24) is 10.6 Å². The van der Waals surface area contributed by atoms with E-state index in [1.165, 1.54) is 42.7 Å². The summed E-state index contributed by atoms with van der Waals surface area (Å²) in [5, 5.41) is 10.1. The number of carbonyl (C=O) groups is 3. The van der Waals surface area contributed by atoms with Crippen LogP contribution >= 0.6 is 0 Å². The first kappa shape index (κ1) is 21.5. The summed E-state index contributed by atoms with van der Waals surface area (Å²) in [5.74, 6) is -2.64. The van der Waals surface area contributed by atoms with E-state index in [1.807, 2.05) is 0 Å². The minimum absolute atomic E-state index is 0.0894. The molecule has 8 nitrogen and oxygen atoms in total. The van der Waals surface area contributed by atoms with Gasteiger partial charge in [-0.15, -0.1) is 0 Å². The van der Waals surface area contributed by atoms with E-state index in [-0.39, 0.29) is 36.4 Å². The summed E-state index contributed by atoms with van der Waals surface area (Å²) in [5.41, 5.74) is 0.831. The first-order valence-corrected chi connectivity index (χ1v) is 9.15. The average molecular weight is 428 g/mol. The van der Waals surface area contributed by atoms with Crippen LogP contribution in [0.25, 0.3) is 0 Å². The molecule has 1 aromatic heterocycles. The van der Waals surface area contributed by atoms with Crippen LogP contribution in [0.5, 0.6) is 0 Å². The third-order valence-electron chi connectivity index (χ3n) is 4.02. The molecule has 10 heteroatoms. The van der Waals surface area contributed by atoms with E-state index < -0.39 is 17.7 Å². The normalized spacial score (nSPS) is 10.3. The Bertz CT molecular complexity index is 1070. The zero-order valence-corrected chi connectivity index (χ0v) is 16.1. The fraction of sp³-hybridized carbons (Fsp3) is 0.0952. The van der Waals surface area contributed by atoms with Gasteiger partial charge >= 0.3 is 6.03 Å². The number of nitrogens with one attached hydrogen (secondary N) is 4. The van der Waals surface area contributed by atoms with Gasteiger partial charge in [0.2, 0.25) is 0 Å². The Morgan fingerprint density at radius 2 is 1.42 bits per heavy atom. The van der Waals surface area contributed by atoms with Gasteiger partial charge in [-0.2, -0.15) is 0 Å². The molecule has 0 fully saturated rings. The Balaban J connectivity index is 1.43. The molecule has 0 bridgehead atoms. The highest BCUT2D eigenvalue weighted by Gasteiger charge is 2.10. The molecule has 0 saturated heterocycles. The SMILES string of the molecule is O=C(Nc1ccc(C(=O)NCCNC(=O)c2ccco2)cc1)Nc1ccc(F)c(F)c1. The van der Waals surface area contributed by atoms with Crippen molar-refractivity contribution in [2.75, 3.05) is 23.7 Å². The average Bonchev–Trinajstić information content (AvgIpc) is 3.29. The Kier molecular flexibility index (Phi) is 6.94. The molecule has 0 radical (unpaired) electrons. The molecule has 0 unspecified atom stereocenters. The zero-order valence-electron chi connectivity index (χ0n) is 16.1. The van der Waals surface area contributed by atoms with E-state index >= 15 is 0 Å². The van der Waals surface area contributed by atoms with Gasteiger partial charge in [0, 0.05) is 36.1 Å². The Morgan fingerprint density at radius 3 is 2.06 bits per heavy atom. The lowest BCUT2D eigenvalue weighted by Gasteiger charge is -2.09. The molecule has 1 heterocycles. The molecule has 0 aliphatic carbocycles. The highest BCUT2D eigenvalue weighted by atomic mass is 19.2. The second-order valence-electron chi connectivity index (χ2n) is 6.27. The van der Waals surface area contributed by atoms with E-state index in [4.69, 9.17) is 4.42 Å². The first-order chi connectivity index (χ1) is 14.9. The summed E-state index contributed by atoms with van der Waals surface area (Å²) < 4.78 is 31.1. The second-order valence-corrected chi connectivity index (χ2v) is 6.27. The summed E-state index contributed by atoms with van der Waals surface area (Å²) >= 11 is 0. The van der Waals surface area contributed by atoms with Gasteiger partial charge < -0.3 is 25.7 Å². The Labute approximate surface area is 175 Å². The number of urea groups is 1. The molecule has 0 saturated carbocycles. The molecule has 3 aromatic rings. The van der Waals surface area contributed by atoms with Crippen molar-refractivity contribution in [3.8, 4) is 0 Å². The largest absolute Gasteiger partial charge is 0.459 e. The van der Waals surface area contributed by atoms with Crippen molar-refractivity contribution in [3.05, 3.63) is 83.8 Å². The number of benzene rings is 2. The van der Waals surface area contributed by atoms with Crippen molar-refractivity contribution in [3.63, 3.8) is 0 Å². The first-order valence-electron chi connectivity index (χ1n) is 9.15. The smallest absolute Gasteiger partial charge is 0.323 e. The zero-order chi connectivity index (χ0) is 22.2. The monoisotopic (exact) mass is 428 g/mol. The summed E-state index contributed by atoms with van der Waals surface area (Å²) in [4.78, 5) is 35.8. The maximum atomic E-state index is 13.2. The molecule has 0 atom stereocenters. The van der Waals surface area contributed by atoms with Crippen LogP contribution in [0.15, 0.2) is 65.3 Å². The van der Waals surface area contributed by atoms with Gasteiger partial charge in [0.25, 0.3) is 11.8 Å². The molecule has 31 heavy (non-hydrogen) atoms. The highest BCUT2D eigenvalue weighted by Crippen LogP contribution is 2.14. The molecule has 0 aliphatic rings. The van der Waals surface area contributed by atoms with Crippen LogP contribution in [0, 0.1) is 11.6 Å². The van der Waals surface area contributed by atoms with Gasteiger partial charge in [-0.3, -0.25) is 9.59 Å². The predicted octanol–water partition coefficient (Wildman–Crippen LogP) is 3.36. The predicted molar refractivity (Wildman–Crippen MR) is 109 cm³/mol.